The highest BCUT2D eigenvalue weighted by Crippen LogP contribution is 2.25. The average molecular weight is 320 g/mol. The van der Waals surface area contributed by atoms with Crippen LogP contribution in [0.25, 0.3) is 33.8 Å². The van der Waals surface area contributed by atoms with Crippen LogP contribution in [0.5, 0.6) is 5.75 Å². The van der Waals surface area contributed by atoms with Crippen LogP contribution in [-0.2, 0) is 6.61 Å². The molecule has 0 aliphatic carbocycles. The van der Waals surface area contributed by atoms with Gasteiger partial charge in [0.1, 0.15) is 11.4 Å². The van der Waals surface area contributed by atoms with E-state index in [2.05, 4.69) is 20.2 Å². The third kappa shape index (κ3) is 2.53. The van der Waals surface area contributed by atoms with Gasteiger partial charge in [0.15, 0.2) is 5.82 Å². The maximum absolute atomic E-state index is 9.12. The van der Waals surface area contributed by atoms with Crippen molar-refractivity contribution in [2.75, 3.05) is 7.11 Å². The Labute approximate surface area is 138 Å². The van der Waals surface area contributed by atoms with Crippen molar-refractivity contribution >= 4 is 11.0 Å². The maximum Gasteiger partial charge on any atom is 0.156 e. The summed E-state index contributed by atoms with van der Waals surface area (Å²) in [6, 6.07) is 15.3. The number of nitrogens with one attached hydrogen (secondary N) is 2. The molecule has 0 amide bonds. The first-order valence-corrected chi connectivity index (χ1v) is 7.56. The van der Waals surface area contributed by atoms with E-state index in [4.69, 9.17) is 9.84 Å². The van der Waals surface area contributed by atoms with Gasteiger partial charge in [0.05, 0.1) is 30.4 Å². The number of ether oxygens (including phenoxy) is 1. The number of aromatic nitrogens is 4. The quantitative estimate of drug-likeness (QED) is 0.539. The van der Waals surface area contributed by atoms with Crippen molar-refractivity contribution in [3.63, 3.8) is 0 Å². The Morgan fingerprint density at radius 1 is 1.08 bits per heavy atom. The van der Waals surface area contributed by atoms with Crippen LogP contribution in [0.3, 0.4) is 0 Å². The zero-order valence-corrected chi connectivity index (χ0v) is 13.1. The van der Waals surface area contributed by atoms with Crippen LogP contribution in [0.2, 0.25) is 0 Å². The van der Waals surface area contributed by atoms with Crippen LogP contribution >= 0.6 is 0 Å². The second kappa shape index (κ2) is 5.82. The summed E-state index contributed by atoms with van der Waals surface area (Å²) >= 11 is 0. The molecule has 2 heterocycles. The monoisotopic (exact) mass is 320 g/mol. The number of hydrogen-bond acceptors (Lipinski definition) is 4. The number of imidazole rings is 1. The molecule has 0 atom stereocenters. The summed E-state index contributed by atoms with van der Waals surface area (Å²) < 4.78 is 5.23. The SMILES string of the molecule is COc1ccc2nc(-c3cc(-c4ccc(CO)cc4)n[nH]3)[nH]c2c1. The van der Waals surface area contributed by atoms with E-state index in [0.717, 1.165) is 45.1 Å². The number of rotatable bonds is 4. The predicted octanol–water partition coefficient (Wildman–Crippen LogP) is 3.12. The molecule has 6 nitrogen and oxygen atoms in total. The highest BCUT2D eigenvalue weighted by Gasteiger charge is 2.10. The molecule has 6 heteroatoms. The summed E-state index contributed by atoms with van der Waals surface area (Å²) in [6.45, 7) is 0.0363. The molecular formula is C18H16N4O2. The summed E-state index contributed by atoms with van der Waals surface area (Å²) in [5.41, 5.74) is 5.27. The smallest absolute Gasteiger partial charge is 0.156 e. The van der Waals surface area contributed by atoms with Crippen molar-refractivity contribution in [3.8, 4) is 28.5 Å². The summed E-state index contributed by atoms with van der Waals surface area (Å²) in [7, 11) is 1.64. The van der Waals surface area contributed by atoms with Crippen LogP contribution in [0.4, 0.5) is 0 Å². The number of nitrogens with zero attached hydrogens (tertiary/aromatic N) is 2. The fourth-order valence-electron chi connectivity index (χ4n) is 2.62. The molecule has 2 aromatic heterocycles. The molecule has 0 saturated heterocycles. The highest BCUT2D eigenvalue weighted by atomic mass is 16.5. The number of aromatic amines is 2. The van der Waals surface area contributed by atoms with E-state index in [-0.39, 0.29) is 6.61 Å². The number of fused-ring (bicyclic) bond motifs is 1. The lowest BCUT2D eigenvalue weighted by Crippen LogP contribution is -1.83. The molecule has 4 rings (SSSR count). The standard InChI is InChI=1S/C18H16N4O2/c1-24-13-6-7-14-16(8-13)20-18(19-14)17-9-15(21-22-17)12-4-2-11(10-23)3-5-12/h2-9,23H,10H2,1H3,(H,19,20)(H,21,22). The van der Waals surface area contributed by atoms with E-state index < -0.39 is 0 Å². The summed E-state index contributed by atoms with van der Waals surface area (Å²) in [5.74, 6) is 1.51. The zero-order chi connectivity index (χ0) is 16.5. The van der Waals surface area contributed by atoms with Crippen molar-refractivity contribution in [1.82, 2.24) is 20.2 Å². The van der Waals surface area contributed by atoms with Gasteiger partial charge in [0.2, 0.25) is 0 Å². The van der Waals surface area contributed by atoms with Gasteiger partial charge in [-0.3, -0.25) is 5.10 Å². The Balaban J connectivity index is 1.68. The van der Waals surface area contributed by atoms with Crippen molar-refractivity contribution in [1.29, 1.82) is 0 Å². The van der Waals surface area contributed by atoms with E-state index in [1.165, 1.54) is 0 Å². The minimum atomic E-state index is 0.0363. The zero-order valence-electron chi connectivity index (χ0n) is 13.1. The molecule has 0 fully saturated rings. The van der Waals surface area contributed by atoms with Gasteiger partial charge >= 0.3 is 0 Å². The van der Waals surface area contributed by atoms with E-state index >= 15 is 0 Å². The fraction of sp³-hybridized carbons (Fsp3) is 0.111. The van der Waals surface area contributed by atoms with Gasteiger partial charge in [0, 0.05) is 11.6 Å². The van der Waals surface area contributed by atoms with E-state index in [9.17, 15) is 0 Å². The second-order valence-corrected chi connectivity index (χ2v) is 5.49. The third-order valence-corrected chi connectivity index (χ3v) is 3.95. The molecule has 0 saturated carbocycles. The van der Waals surface area contributed by atoms with Crippen molar-refractivity contribution in [2.24, 2.45) is 0 Å². The molecule has 0 aliphatic heterocycles. The molecule has 24 heavy (non-hydrogen) atoms. The number of methoxy groups -OCH3 is 1. The summed E-state index contributed by atoms with van der Waals surface area (Å²) in [5, 5.41) is 16.5. The number of aliphatic hydroxyl groups excluding tert-OH is 1. The van der Waals surface area contributed by atoms with Crippen LogP contribution in [0.1, 0.15) is 5.56 Å². The Kier molecular flexibility index (Phi) is 3.51. The summed E-state index contributed by atoms with van der Waals surface area (Å²) in [6.07, 6.45) is 0. The van der Waals surface area contributed by atoms with E-state index in [1.54, 1.807) is 7.11 Å². The molecule has 4 aromatic rings. The molecule has 120 valence electrons. The molecule has 0 aliphatic rings. The first kappa shape index (κ1) is 14.5. The first-order valence-electron chi connectivity index (χ1n) is 7.56. The lowest BCUT2D eigenvalue weighted by molar-refractivity contribution is 0.282. The number of H-pyrrole nitrogens is 2. The Bertz CT molecular complexity index is 986. The average Bonchev–Trinajstić information content (AvgIpc) is 3.27. The second-order valence-electron chi connectivity index (χ2n) is 5.49. The van der Waals surface area contributed by atoms with Gasteiger partial charge in [-0.25, -0.2) is 4.98 Å². The predicted molar refractivity (Wildman–Crippen MR) is 91.6 cm³/mol. The van der Waals surface area contributed by atoms with Crippen molar-refractivity contribution in [2.45, 2.75) is 6.61 Å². The maximum atomic E-state index is 9.12. The van der Waals surface area contributed by atoms with Crippen LogP contribution in [0, 0.1) is 0 Å². The van der Waals surface area contributed by atoms with Gasteiger partial charge in [0.25, 0.3) is 0 Å². The molecule has 3 N–H and O–H groups in total. The van der Waals surface area contributed by atoms with E-state index in [0.29, 0.717) is 0 Å². The highest BCUT2D eigenvalue weighted by molar-refractivity contribution is 5.80. The van der Waals surface area contributed by atoms with Gasteiger partial charge in [-0.2, -0.15) is 5.10 Å². The molecule has 0 bridgehead atoms. The Hall–Kier alpha value is -3.12. The first-order chi connectivity index (χ1) is 11.8. The summed E-state index contributed by atoms with van der Waals surface area (Å²) in [4.78, 5) is 7.85. The van der Waals surface area contributed by atoms with Crippen LogP contribution < -0.4 is 4.74 Å². The molecule has 0 radical (unpaired) electrons. The van der Waals surface area contributed by atoms with Gasteiger partial charge in [-0.15, -0.1) is 0 Å². The van der Waals surface area contributed by atoms with Crippen molar-refractivity contribution < 1.29 is 9.84 Å². The van der Waals surface area contributed by atoms with E-state index in [1.807, 2.05) is 48.5 Å². The number of benzene rings is 2. The Morgan fingerprint density at radius 2 is 1.92 bits per heavy atom. The Morgan fingerprint density at radius 3 is 2.67 bits per heavy atom. The van der Waals surface area contributed by atoms with Crippen LogP contribution in [0.15, 0.2) is 48.5 Å². The molecule has 2 aromatic carbocycles. The lowest BCUT2D eigenvalue weighted by atomic mass is 10.1. The number of hydrogen-bond donors (Lipinski definition) is 3. The van der Waals surface area contributed by atoms with Gasteiger partial charge in [-0.1, -0.05) is 24.3 Å². The van der Waals surface area contributed by atoms with Gasteiger partial charge < -0.3 is 14.8 Å². The normalized spacial score (nSPS) is 11.1. The minimum absolute atomic E-state index is 0.0363. The minimum Gasteiger partial charge on any atom is -0.497 e. The largest absolute Gasteiger partial charge is 0.497 e. The van der Waals surface area contributed by atoms with Gasteiger partial charge in [-0.05, 0) is 23.8 Å². The lowest BCUT2D eigenvalue weighted by Gasteiger charge is -1.98. The molecule has 0 spiro atoms. The third-order valence-electron chi connectivity index (χ3n) is 3.95. The number of aliphatic hydroxyl groups is 1. The van der Waals surface area contributed by atoms with Crippen molar-refractivity contribution in [3.05, 3.63) is 54.1 Å². The molecule has 0 unspecified atom stereocenters. The topological polar surface area (TPSA) is 86.8 Å². The van der Waals surface area contributed by atoms with Crippen LogP contribution in [-0.4, -0.2) is 32.4 Å². The fourth-order valence-corrected chi connectivity index (χ4v) is 2.62. The molecular weight excluding hydrogens is 304 g/mol.